The molecule has 1 aliphatic heterocycles. The first kappa shape index (κ1) is 19.9. The van der Waals surface area contributed by atoms with Gasteiger partial charge in [0.25, 0.3) is 5.91 Å². The first-order valence-corrected chi connectivity index (χ1v) is 9.00. The third kappa shape index (κ3) is 4.83. The van der Waals surface area contributed by atoms with Crippen molar-refractivity contribution in [2.24, 2.45) is 0 Å². The van der Waals surface area contributed by atoms with Gasteiger partial charge in [0.2, 0.25) is 0 Å². The van der Waals surface area contributed by atoms with Crippen LogP contribution < -0.4 is 4.74 Å². The van der Waals surface area contributed by atoms with Crippen LogP contribution in [-0.2, 0) is 14.4 Å². The molecule has 9 heteroatoms. The molecule has 0 bridgehead atoms. The van der Waals surface area contributed by atoms with Crippen molar-refractivity contribution in [3.63, 3.8) is 0 Å². The number of aliphatic carboxylic acids is 2. The third-order valence-corrected chi connectivity index (χ3v) is 4.83. The number of carboxylic acids is 2. The van der Waals surface area contributed by atoms with Crippen LogP contribution in [0.4, 0.5) is 0 Å². The Labute approximate surface area is 159 Å². The molecule has 26 heavy (non-hydrogen) atoms. The summed E-state index contributed by atoms with van der Waals surface area (Å²) in [4.78, 5) is 36.1. The lowest BCUT2D eigenvalue weighted by Crippen LogP contribution is -2.43. The number of carbonyl (C=O) groups is 3. The minimum Gasteiger partial charge on any atom is -0.482 e. The van der Waals surface area contributed by atoms with Gasteiger partial charge in [0.15, 0.2) is 6.61 Å². The van der Waals surface area contributed by atoms with Gasteiger partial charge in [-0.15, -0.1) is 0 Å². The van der Waals surface area contributed by atoms with Crippen molar-refractivity contribution in [2.45, 2.75) is 25.8 Å². The molecule has 1 fully saturated rings. The standard InChI is InChI=1S/C17H17NO6S2/c1-2-4-12(16(22)23)18-15(21)13(26-17(18)25)8-10-5-3-6-11(7-10)24-9-14(19)20/h3,5-8,12H,2,4,9H2,1H3,(H,19,20)(H,22,23)/b13-8-. The Bertz CT molecular complexity index is 776. The second kappa shape index (κ2) is 8.81. The molecule has 0 radical (unpaired) electrons. The number of hydrogen-bond acceptors (Lipinski definition) is 6. The number of carbonyl (C=O) groups excluding carboxylic acids is 1. The zero-order valence-corrected chi connectivity index (χ0v) is 15.5. The van der Waals surface area contributed by atoms with Crippen molar-refractivity contribution in [2.75, 3.05) is 6.61 Å². The normalized spacial score (nSPS) is 16.8. The topological polar surface area (TPSA) is 104 Å². The maximum Gasteiger partial charge on any atom is 0.341 e. The smallest absolute Gasteiger partial charge is 0.341 e. The minimum absolute atomic E-state index is 0.209. The van der Waals surface area contributed by atoms with E-state index < -0.39 is 30.5 Å². The van der Waals surface area contributed by atoms with Crippen molar-refractivity contribution in [1.29, 1.82) is 0 Å². The summed E-state index contributed by atoms with van der Waals surface area (Å²) in [6, 6.07) is 5.61. The Morgan fingerprint density at radius 3 is 2.73 bits per heavy atom. The summed E-state index contributed by atoms with van der Waals surface area (Å²) < 4.78 is 5.32. The molecule has 1 aliphatic rings. The monoisotopic (exact) mass is 395 g/mol. The van der Waals surface area contributed by atoms with Gasteiger partial charge in [-0.1, -0.05) is 49.5 Å². The SMILES string of the molecule is CCCC(C(=O)O)N1C(=O)/C(=C/c2cccc(OCC(=O)O)c2)SC1=S. The molecule has 1 aromatic rings. The molecule has 1 heterocycles. The Balaban J connectivity index is 2.23. The van der Waals surface area contributed by atoms with Gasteiger partial charge in [-0.05, 0) is 30.2 Å². The van der Waals surface area contributed by atoms with Crippen LogP contribution in [0, 0.1) is 0 Å². The second-order valence-corrected chi connectivity index (χ2v) is 7.13. The van der Waals surface area contributed by atoms with Gasteiger partial charge in [0, 0.05) is 0 Å². The van der Waals surface area contributed by atoms with E-state index in [2.05, 4.69) is 0 Å². The summed E-state index contributed by atoms with van der Waals surface area (Å²) in [6.07, 6.45) is 2.50. The molecule has 1 amide bonds. The van der Waals surface area contributed by atoms with Crippen LogP contribution in [0.25, 0.3) is 6.08 Å². The molecule has 1 atom stereocenters. The summed E-state index contributed by atoms with van der Waals surface area (Å²) >= 11 is 6.23. The molecule has 0 saturated carbocycles. The van der Waals surface area contributed by atoms with E-state index in [9.17, 15) is 19.5 Å². The number of hydrogen-bond donors (Lipinski definition) is 2. The lowest BCUT2D eigenvalue weighted by Gasteiger charge is -2.22. The molecule has 1 unspecified atom stereocenters. The number of rotatable bonds is 8. The molecule has 0 aliphatic carbocycles. The lowest BCUT2D eigenvalue weighted by atomic mass is 10.1. The van der Waals surface area contributed by atoms with Gasteiger partial charge in [0.05, 0.1) is 4.91 Å². The van der Waals surface area contributed by atoms with E-state index in [1.165, 1.54) is 0 Å². The van der Waals surface area contributed by atoms with Crippen molar-refractivity contribution in [3.05, 3.63) is 34.7 Å². The highest BCUT2D eigenvalue weighted by Crippen LogP contribution is 2.35. The fourth-order valence-corrected chi connectivity index (χ4v) is 3.73. The molecule has 0 aromatic heterocycles. The average molecular weight is 395 g/mol. The third-order valence-electron chi connectivity index (χ3n) is 3.50. The summed E-state index contributed by atoms with van der Waals surface area (Å²) in [7, 11) is 0. The van der Waals surface area contributed by atoms with Crippen molar-refractivity contribution >= 4 is 52.2 Å². The fourth-order valence-electron chi connectivity index (χ4n) is 2.38. The summed E-state index contributed by atoms with van der Waals surface area (Å²) in [6.45, 7) is 1.37. The van der Waals surface area contributed by atoms with Gasteiger partial charge >= 0.3 is 11.9 Å². The Hall–Kier alpha value is -2.39. The predicted molar refractivity (Wildman–Crippen MR) is 101 cm³/mol. The molecule has 0 spiro atoms. The molecular weight excluding hydrogens is 378 g/mol. The van der Waals surface area contributed by atoms with Crippen LogP contribution in [0.15, 0.2) is 29.2 Å². The van der Waals surface area contributed by atoms with Crippen LogP contribution in [0.5, 0.6) is 5.75 Å². The maximum absolute atomic E-state index is 12.6. The quantitative estimate of drug-likeness (QED) is 0.511. The summed E-state index contributed by atoms with van der Waals surface area (Å²) in [5, 5.41) is 18.0. The van der Waals surface area contributed by atoms with E-state index in [-0.39, 0.29) is 4.32 Å². The number of benzene rings is 1. The number of ether oxygens (including phenoxy) is 1. The Kier molecular flexibility index (Phi) is 6.76. The zero-order chi connectivity index (χ0) is 19.3. The molecule has 1 saturated heterocycles. The maximum atomic E-state index is 12.6. The second-order valence-electron chi connectivity index (χ2n) is 5.45. The number of carboxylic acid groups (broad SMARTS) is 2. The van der Waals surface area contributed by atoms with Crippen molar-refractivity contribution in [3.8, 4) is 5.75 Å². The minimum atomic E-state index is -1.09. The van der Waals surface area contributed by atoms with E-state index >= 15 is 0 Å². The van der Waals surface area contributed by atoms with Gasteiger partial charge in [-0.25, -0.2) is 9.59 Å². The summed E-state index contributed by atoms with van der Waals surface area (Å²) in [5.74, 6) is -2.27. The highest BCUT2D eigenvalue weighted by Gasteiger charge is 2.39. The van der Waals surface area contributed by atoms with E-state index in [1.807, 2.05) is 6.92 Å². The van der Waals surface area contributed by atoms with Crippen LogP contribution in [0.1, 0.15) is 25.3 Å². The Morgan fingerprint density at radius 2 is 2.12 bits per heavy atom. The van der Waals surface area contributed by atoms with E-state index in [0.717, 1.165) is 16.7 Å². The number of thioether (sulfide) groups is 1. The van der Waals surface area contributed by atoms with Crippen LogP contribution in [0.2, 0.25) is 0 Å². The molecule has 7 nitrogen and oxygen atoms in total. The molecule has 2 rings (SSSR count). The largest absolute Gasteiger partial charge is 0.482 e. The predicted octanol–water partition coefficient (Wildman–Crippen LogP) is 2.60. The molecular formula is C17H17NO6S2. The lowest BCUT2D eigenvalue weighted by molar-refractivity contribution is -0.145. The fraction of sp³-hybridized carbons (Fsp3) is 0.294. The van der Waals surface area contributed by atoms with Gasteiger partial charge in [-0.2, -0.15) is 0 Å². The van der Waals surface area contributed by atoms with E-state index in [4.69, 9.17) is 22.1 Å². The zero-order valence-electron chi connectivity index (χ0n) is 13.9. The van der Waals surface area contributed by atoms with Crippen LogP contribution >= 0.6 is 24.0 Å². The van der Waals surface area contributed by atoms with Crippen molar-refractivity contribution in [1.82, 2.24) is 4.90 Å². The van der Waals surface area contributed by atoms with Crippen LogP contribution in [-0.4, -0.2) is 49.9 Å². The highest BCUT2D eigenvalue weighted by atomic mass is 32.2. The Morgan fingerprint density at radius 1 is 1.38 bits per heavy atom. The number of thiocarbonyl (C=S) groups is 1. The van der Waals surface area contributed by atoms with Crippen LogP contribution in [0.3, 0.4) is 0 Å². The van der Waals surface area contributed by atoms with Gasteiger partial charge in [0.1, 0.15) is 16.1 Å². The molecule has 2 N–H and O–H groups in total. The van der Waals surface area contributed by atoms with Gasteiger partial charge in [-0.3, -0.25) is 9.69 Å². The summed E-state index contributed by atoms with van der Waals surface area (Å²) in [5.41, 5.74) is 0.621. The average Bonchev–Trinajstić information content (AvgIpc) is 2.85. The van der Waals surface area contributed by atoms with Gasteiger partial charge < -0.3 is 14.9 Å². The number of nitrogens with zero attached hydrogens (tertiary/aromatic N) is 1. The number of amides is 1. The first-order valence-electron chi connectivity index (χ1n) is 7.78. The van der Waals surface area contributed by atoms with E-state index in [0.29, 0.717) is 29.1 Å². The highest BCUT2D eigenvalue weighted by molar-refractivity contribution is 8.26. The molecule has 138 valence electrons. The van der Waals surface area contributed by atoms with Crippen molar-refractivity contribution < 1.29 is 29.3 Å². The molecule has 1 aromatic carbocycles. The first-order chi connectivity index (χ1) is 12.3. The van der Waals surface area contributed by atoms with E-state index in [1.54, 1.807) is 30.3 Å².